The molecule has 0 N–H and O–H groups in total. The number of hydrogen-bond acceptors (Lipinski definition) is 1. The second-order valence-electron chi connectivity index (χ2n) is 6.15. The van der Waals surface area contributed by atoms with Crippen LogP contribution >= 0.6 is 0 Å². The zero-order valence-corrected chi connectivity index (χ0v) is 11.2. The fourth-order valence-corrected chi connectivity index (χ4v) is 3.50. The molecular formula is C16H21NO. The summed E-state index contributed by atoms with van der Waals surface area (Å²) >= 11 is 0. The lowest BCUT2D eigenvalue weighted by molar-refractivity contribution is -0.172. The number of rotatable bonds is 2. The van der Waals surface area contributed by atoms with Gasteiger partial charge in [-0.25, -0.2) is 0 Å². The van der Waals surface area contributed by atoms with Gasteiger partial charge in [-0.2, -0.15) is 0 Å². The van der Waals surface area contributed by atoms with E-state index in [-0.39, 0.29) is 5.92 Å². The molecule has 1 aliphatic carbocycles. The van der Waals surface area contributed by atoms with Gasteiger partial charge < -0.3 is 4.90 Å². The van der Waals surface area contributed by atoms with Gasteiger partial charge in [-0.1, -0.05) is 50.6 Å². The Hall–Kier alpha value is -1.31. The molecule has 2 heteroatoms. The van der Waals surface area contributed by atoms with Gasteiger partial charge in [0.1, 0.15) is 0 Å². The monoisotopic (exact) mass is 243 g/mol. The van der Waals surface area contributed by atoms with Crippen LogP contribution in [-0.2, 0) is 4.79 Å². The van der Waals surface area contributed by atoms with Crippen LogP contribution in [0.4, 0.5) is 0 Å². The summed E-state index contributed by atoms with van der Waals surface area (Å²) in [6.07, 6.45) is 3.90. The smallest absolute Gasteiger partial charge is 0.225 e. The Morgan fingerprint density at radius 3 is 2.44 bits per heavy atom. The summed E-state index contributed by atoms with van der Waals surface area (Å²) in [4.78, 5) is 14.4. The number of nitrogens with zero attached hydrogens (tertiary/aromatic N) is 1. The van der Waals surface area contributed by atoms with Crippen molar-refractivity contribution in [2.24, 2.45) is 11.3 Å². The van der Waals surface area contributed by atoms with Crippen LogP contribution in [-0.4, -0.2) is 17.4 Å². The van der Waals surface area contributed by atoms with Crippen molar-refractivity contribution in [3.05, 3.63) is 35.9 Å². The quantitative estimate of drug-likeness (QED) is 0.779. The molecule has 2 nitrogen and oxygen atoms in total. The Morgan fingerprint density at radius 2 is 1.94 bits per heavy atom. The predicted octanol–water partition coefficient (Wildman–Crippen LogP) is 3.40. The molecule has 1 aromatic carbocycles. The highest BCUT2D eigenvalue weighted by atomic mass is 16.2. The lowest BCUT2D eigenvalue weighted by Crippen LogP contribution is -2.64. The molecule has 1 saturated carbocycles. The number of carbonyl (C=O) groups excluding carboxylic acids is 1. The number of hydrogen-bond donors (Lipinski definition) is 0. The molecule has 1 aliphatic heterocycles. The van der Waals surface area contributed by atoms with E-state index in [1.54, 1.807) is 0 Å². The van der Waals surface area contributed by atoms with E-state index in [0.29, 0.717) is 17.4 Å². The molecular weight excluding hydrogens is 222 g/mol. The third kappa shape index (κ3) is 1.58. The molecule has 1 atom stereocenters. The van der Waals surface area contributed by atoms with Crippen molar-refractivity contribution in [2.75, 3.05) is 6.54 Å². The maximum absolute atomic E-state index is 12.3. The van der Waals surface area contributed by atoms with Gasteiger partial charge in [0.25, 0.3) is 0 Å². The van der Waals surface area contributed by atoms with Crippen molar-refractivity contribution in [3.8, 4) is 0 Å². The topological polar surface area (TPSA) is 20.3 Å². The Morgan fingerprint density at radius 1 is 1.28 bits per heavy atom. The summed E-state index contributed by atoms with van der Waals surface area (Å²) in [5.74, 6) is 0.412. The van der Waals surface area contributed by atoms with E-state index in [2.05, 4.69) is 29.2 Å². The van der Waals surface area contributed by atoms with Crippen molar-refractivity contribution >= 4 is 5.91 Å². The summed E-state index contributed by atoms with van der Waals surface area (Å²) in [6, 6.07) is 10.9. The van der Waals surface area contributed by atoms with Crippen LogP contribution in [0.15, 0.2) is 30.3 Å². The minimum atomic E-state index is 0.105. The first-order valence-electron chi connectivity index (χ1n) is 6.99. The maximum Gasteiger partial charge on any atom is 0.225 e. The van der Waals surface area contributed by atoms with E-state index in [1.165, 1.54) is 24.8 Å². The minimum absolute atomic E-state index is 0.105. The molecule has 1 saturated heterocycles. The Kier molecular flexibility index (Phi) is 2.69. The molecule has 1 aromatic rings. The average molecular weight is 243 g/mol. The van der Waals surface area contributed by atoms with E-state index in [1.807, 2.05) is 19.9 Å². The highest BCUT2D eigenvalue weighted by Crippen LogP contribution is 2.60. The van der Waals surface area contributed by atoms with Gasteiger partial charge in [-0.05, 0) is 18.4 Å². The normalized spacial score (nSPS) is 24.8. The average Bonchev–Trinajstić information content (AvgIpc) is 2.27. The SMILES string of the molecule is CC(C)C(=O)N1CC2(CCC2)[C@H]1c1ccccc1. The first kappa shape index (κ1) is 11.8. The first-order chi connectivity index (χ1) is 8.64. The molecule has 0 unspecified atom stereocenters. The van der Waals surface area contributed by atoms with E-state index in [0.717, 1.165) is 6.54 Å². The van der Waals surface area contributed by atoms with Crippen molar-refractivity contribution in [1.29, 1.82) is 0 Å². The van der Waals surface area contributed by atoms with Crippen LogP contribution < -0.4 is 0 Å². The summed E-state index contributed by atoms with van der Waals surface area (Å²) in [5, 5.41) is 0. The molecule has 2 aliphatic rings. The number of amides is 1. The Labute approximate surface area is 109 Å². The third-order valence-corrected chi connectivity index (χ3v) is 4.62. The van der Waals surface area contributed by atoms with Gasteiger partial charge in [-0.3, -0.25) is 4.79 Å². The van der Waals surface area contributed by atoms with Crippen LogP contribution in [0, 0.1) is 11.3 Å². The first-order valence-corrected chi connectivity index (χ1v) is 6.99. The predicted molar refractivity (Wildman–Crippen MR) is 72.0 cm³/mol. The second kappa shape index (κ2) is 4.11. The van der Waals surface area contributed by atoms with Crippen molar-refractivity contribution < 1.29 is 4.79 Å². The van der Waals surface area contributed by atoms with E-state index in [9.17, 15) is 4.79 Å². The second-order valence-corrected chi connectivity index (χ2v) is 6.15. The fraction of sp³-hybridized carbons (Fsp3) is 0.562. The maximum atomic E-state index is 12.3. The lowest BCUT2D eigenvalue weighted by atomic mass is 9.56. The zero-order valence-electron chi connectivity index (χ0n) is 11.2. The summed E-state index contributed by atoms with van der Waals surface area (Å²) in [5.41, 5.74) is 1.73. The van der Waals surface area contributed by atoms with Gasteiger partial charge in [0.2, 0.25) is 5.91 Å². The van der Waals surface area contributed by atoms with Gasteiger partial charge >= 0.3 is 0 Å². The Bertz CT molecular complexity index is 447. The molecule has 0 radical (unpaired) electrons. The molecule has 96 valence electrons. The summed E-state index contributed by atoms with van der Waals surface area (Å²) in [6.45, 7) is 4.97. The highest BCUT2D eigenvalue weighted by molar-refractivity contribution is 5.80. The standard InChI is InChI=1S/C16H21NO/c1-12(2)15(18)17-11-16(9-6-10-16)14(17)13-7-4-3-5-8-13/h3-5,7-8,12,14H,6,9-11H2,1-2H3/t14-/m1/s1. The van der Waals surface area contributed by atoms with E-state index < -0.39 is 0 Å². The van der Waals surface area contributed by atoms with E-state index in [4.69, 9.17) is 0 Å². The van der Waals surface area contributed by atoms with Crippen LogP contribution in [0.3, 0.4) is 0 Å². The van der Waals surface area contributed by atoms with Crippen LogP contribution in [0.2, 0.25) is 0 Å². The molecule has 2 fully saturated rings. The lowest BCUT2D eigenvalue weighted by Gasteiger charge is -2.63. The number of likely N-dealkylation sites (tertiary alicyclic amines) is 1. The molecule has 0 aromatic heterocycles. The van der Waals surface area contributed by atoms with E-state index >= 15 is 0 Å². The number of carbonyl (C=O) groups is 1. The number of benzene rings is 1. The molecule has 0 bridgehead atoms. The summed E-state index contributed by atoms with van der Waals surface area (Å²) in [7, 11) is 0. The molecule has 1 amide bonds. The summed E-state index contributed by atoms with van der Waals surface area (Å²) < 4.78 is 0. The largest absolute Gasteiger partial charge is 0.334 e. The van der Waals surface area contributed by atoms with Crippen LogP contribution in [0.1, 0.15) is 44.7 Å². The zero-order chi connectivity index (χ0) is 12.8. The molecule has 1 heterocycles. The highest BCUT2D eigenvalue weighted by Gasteiger charge is 2.57. The molecule has 1 spiro atoms. The van der Waals surface area contributed by atoms with Gasteiger partial charge in [0, 0.05) is 17.9 Å². The molecule has 18 heavy (non-hydrogen) atoms. The van der Waals surface area contributed by atoms with Crippen molar-refractivity contribution in [2.45, 2.75) is 39.2 Å². The van der Waals surface area contributed by atoms with Crippen molar-refractivity contribution in [3.63, 3.8) is 0 Å². The van der Waals surface area contributed by atoms with Gasteiger partial charge in [0.05, 0.1) is 6.04 Å². The fourth-order valence-electron chi connectivity index (χ4n) is 3.50. The minimum Gasteiger partial charge on any atom is -0.334 e. The van der Waals surface area contributed by atoms with Gasteiger partial charge in [0.15, 0.2) is 0 Å². The molecule has 3 rings (SSSR count). The van der Waals surface area contributed by atoms with Gasteiger partial charge in [-0.15, -0.1) is 0 Å². The van der Waals surface area contributed by atoms with Crippen molar-refractivity contribution in [1.82, 2.24) is 4.90 Å². The third-order valence-electron chi connectivity index (χ3n) is 4.62. The Balaban J connectivity index is 1.88. The van der Waals surface area contributed by atoms with Crippen LogP contribution in [0.5, 0.6) is 0 Å². The van der Waals surface area contributed by atoms with Crippen LogP contribution in [0.25, 0.3) is 0 Å².